The Hall–Kier alpha value is -2.42. The number of carbonyl (C=O) groups excluding carboxylic acids is 2. The van der Waals surface area contributed by atoms with Crippen LogP contribution in [0, 0.1) is 6.92 Å². The Morgan fingerprint density at radius 2 is 1.75 bits per heavy atom. The summed E-state index contributed by atoms with van der Waals surface area (Å²) in [6.45, 7) is 3.97. The summed E-state index contributed by atoms with van der Waals surface area (Å²) in [4.78, 5) is 24.4. The van der Waals surface area contributed by atoms with Crippen molar-refractivity contribution >= 4 is 17.3 Å². The summed E-state index contributed by atoms with van der Waals surface area (Å²) in [7, 11) is 1.86. The van der Waals surface area contributed by atoms with E-state index in [0.717, 1.165) is 28.8 Å². The first-order valence-electron chi connectivity index (χ1n) is 8.45. The summed E-state index contributed by atoms with van der Waals surface area (Å²) in [5, 5.41) is 3.12. The van der Waals surface area contributed by atoms with Crippen LogP contribution in [0.5, 0.6) is 0 Å². The van der Waals surface area contributed by atoms with Crippen LogP contribution in [0.1, 0.15) is 46.8 Å². The molecule has 3 nitrogen and oxygen atoms in total. The zero-order valence-electron chi connectivity index (χ0n) is 14.7. The molecular formula is C21H25NO2. The molecule has 0 fully saturated rings. The molecule has 1 N–H and O–H groups in total. The van der Waals surface area contributed by atoms with E-state index in [-0.39, 0.29) is 11.6 Å². The molecule has 0 aliphatic carbocycles. The molecule has 0 amide bonds. The van der Waals surface area contributed by atoms with Crippen LogP contribution in [0.15, 0.2) is 42.5 Å². The fourth-order valence-electron chi connectivity index (χ4n) is 2.84. The van der Waals surface area contributed by atoms with Gasteiger partial charge in [-0.25, -0.2) is 0 Å². The standard InChI is InChI=1S/C21H25NO2/c1-4-7-19(23)13-16-10-11-18(12-15(16)2)21(24)14-17-8-5-6-9-20(17)22-3/h5-6,8-12,22H,4,7,13-14H2,1-3H3. The van der Waals surface area contributed by atoms with Gasteiger partial charge in [-0.2, -0.15) is 0 Å². The van der Waals surface area contributed by atoms with Crippen LogP contribution in [0.25, 0.3) is 0 Å². The number of ketones is 2. The Bertz CT molecular complexity index is 734. The average Bonchev–Trinajstić information content (AvgIpc) is 2.57. The van der Waals surface area contributed by atoms with E-state index in [4.69, 9.17) is 0 Å². The van der Waals surface area contributed by atoms with Crippen molar-refractivity contribution in [2.45, 2.75) is 39.5 Å². The normalized spacial score (nSPS) is 10.5. The predicted molar refractivity (Wildman–Crippen MR) is 98.8 cm³/mol. The highest BCUT2D eigenvalue weighted by molar-refractivity contribution is 5.98. The molecule has 0 heterocycles. The highest BCUT2D eigenvalue weighted by Crippen LogP contribution is 2.19. The van der Waals surface area contributed by atoms with Crippen molar-refractivity contribution in [1.82, 2.24) is 0 Å². The lowest BCUT2D eigenvalue weighted by Gasteiger charge is -2.10. The van der Waals surface area contributed by atoms with Crippen molar-refractivity contribution in [2.75, 3.05) is 12.4 Å². The Balaban J connectivity index is 2.13. The molecule has 0 saturated heterocycles. The number of carbonyl (C=O) groups is 2. The first-order chi connectivity index (χ1) is 11.5. The van der Waals surface area contributed by atoms with Crippen LogP contribution < -0.4 is 5.32 Å². The van der Waals surface area contributed by atoms with Gasteiger partial charge < -0.3 is 5.32 Å². The van der Waals surface area contributed by atoms with E-state index in [1.54, 1.807) is 0 Å². The number of aryl methyl sites for hydroxylation is 1. The maximum Gasteiger partial charge on any atom is 0.167 e. The average molecular weight is 323 g/mol. The van der Waals surface area contributed by atoms with Crippen molar-refractivity contribution < 1.29 is 9.59 Å². The molecule has 126 valence electrons. The molecule has 0 radical (unpaired) electrons. The zero-order valence-corrected chi connectivity index (χ0v) is 14.7. The van der Waals surface area contributed by atoms with Gasteiger partial charge >= 0.3 is 0 Å². The Morgan fingerprint density at radius 1 is 1.00 bits per heavy atom. The number of Topliss-reactive ketones (excluding diaryl/α,β-unsaturated/α-hetero) is 2. The van der Waals surface area contributed by atoms with Gasteiger partial charge in [0.1, 0.15) is 5.78 Å². The van der Waals surface area contributed by atoms with Gasteiger partial charge in [0.25, 0.3) is 0 Å². The van der Waals surface area contributed by atoms with Gasteiger partial charge in [0.2, 0.25) is 0 Å². The molecule has 24 heavy (non-hydrogen) atoms. The topological polar surface area (TPSA) is 46.2 Å². The molecule has 0 unspecified atom stereocenters. The van der Waals surface area contributed by atoms with Gasteiger partial charge in [-0.15, -0.1) is 0 Å². The minimum absolute atomic E-state index is 0.0900. The molecule has 2 rings (SSSR count). The first-order valence-corrected chi connectivity index (χ1v) is 8.45. The van der Waals surface area contributed by atoms with E-state index in [9.17, 15) is 9.59 Å². The van der Waals surface area contributed by atoms with Gasteiger partial charge in [0.15, 0.2) is 5.78 Å². The van der Waals surface area contributed by atoms with Gasteiger partial charge in [-0.05, 0) is 42.2 Å². The third-order valence-corrected chi connectivity index (χ3v) is 4.22. The van der Waals surface area contributed by atoms with Crippen molar-refractivity contribution in [3.63, 3.8) is 0 Å². The first kappa shape index (κ1) is 17.9. The number of rotatable bonds is 8. The number of benzene rings is 2. The maximum atomic E-state index is 12.6. The van der Waals surface area contributed by atoms with E-state index in [2.05, 4.69) is 5.32 Å². The SMILES string of the molecule is CCCC(=O)Cc1ccc(C(=O)Cc2ccccc2NC)cc1C. The smallest absolute Gasteiger partial charge is 0.167 e. The molecule has 0 bridgehead atoms. The van der Waals surface area contributed by atoms with Crippen LogP contribution in [-0.4, -0.2) is 18.6 Å². The molecule has 2 aromatic carbocycles. The van der Waals surface area contributed by atoms with E-state index < -0.39 is 0 Å². The summed E-state index contributed by atoms with van der Waals surface area (Å²) in [6, 6.07) is 13.5. The highest BCUT2D eigenvalue weighted by atomic mass is 16.1. The van der Waals surface area contributed by atoms with Crippen LogP contribution in [-0.2, 0) is 17.6 Å². The minimum atomic E-state index is 0.0900. The van der Waals surface area contributed by atoms with Gasteiger partial charge in [-0.3, -0.25) is 9.59 Å². The third kappa shape index (κ3) is 4.54. The lowest BCUT2D eigenvalue weighted by molar-refractivity contribution is -0.118. The lowest BCUT2D eigenvalue weighted by Crippen LogP contribution is -2.08. The largest absolute Gasteiger partial charge is 0.388 e. The van der Waals surface area contributed by atoms with E-state index in [1.807, 2.05) is 63.4 Å². The second-order valence-corrected chi connectivity index (χ2v) is 6.11. The molecule has 0 aromatic heterocycles. The van der Waals surface area contributed by atoms with Crippen LogP contribution in [0.3, 0.4) is 0 Å². The number of hydrogen-bond acceptors (Lipinski definition) is 3. The monoisotopic (exact) mass is 323 g/mol. The number of hydrogen-bond donors (Lipinski definition) is 1. The predicted octanol–water partition coefficient (Wildman–Crippen LogP) is 4.37. The minimum Gasteiger partial charge on any atom is -0.388 e. The van der Waals surface area contributed by atoms with E-state index >= 15 is 0 Å². The van der Waals surface area contributed by atoms with Crippen molar-refractivity contribution in [1.29, 1.82) is 0 Å². The Labute approximate surface area is 144 Å². The third-order valence-electron chi connectivity index (χ3n) is 4.22. The number of anilines is 1. The highest BCUT2D eigenvalue weighted by Gasteiger charge is 2.12. The fourth-order valence-corrected chi connectivity index (χ4v) is 2.84. The summed E-state index contributed by atoms with van der Waals surface area (Å²) >= 11 is 0. The number of para-hydroxylation sites is 1. The van der Waals surface area contributed by atoms with Crippen molar-refractivity contribution in [3.8, 4) is 0 Å². The van der Waals surface area contributed by atoms with E-state index in [1.165, 1.54) is 0 Å². The lowest BCUT2D eigenvalue weighted by atomic mass is 9.95. The molecule has 0 saturated carbocycles. The molecule has 0 spiro atoms. The van der Waals surface area contributed by atoms with Crippen LogP contribution in [0.4, 0.5) is 5.69 Å². The molecule has 3 heteroatoms. The van der Waals surface area contributed by atoms with Crippen molar-refractivity contribution in [3.05, 3.63) is 64.7 Å². The fraction of sp³-hybridized carbons (Fsp3) is 0.333. The molecule has 2 aromatic rings. The van der Waals surface area contributed by atoms with Gasteiger partial charge in [0.05, 0.1) is 0 Å². The zero-order chi connectivity index (χ0) is 17.5. The molecule has 0 aliphatic rings. The van der Waals surface area contributed by atoms with Crippen molar-refractivity contribution in [2.24, 2.45) is 0 Å². The summed E-state index contributed by atoms with van der Waals surface area (Å²) in [5.41, 5.74) is 4.69. The number of nitrogens with one attached hydrogen (secondary N) is 1. The van der Waals surface area contributed by atoms with Crippen LogP contribution in [0.2, 0.25) is 0 Å². The Kier molecular flexibility index (Phi) is 6.30. The molecule has 0 atom stereocenters. The second kappa shape index (κ2) is 8.44. The molecule has 0 aliphatic heterocycles. The maximum absolute atomic E-state index is 12.6. The summed E-state index contributed by atoms with van der Waals surface area (Å²) < 4.78 is 0. The Morgan fingerprint density at radius 3 is 2.42 bits per heavy atom. The summed E-state index contributed by atoms with van der Waals surface area (Å²) in [6.07, 6.45) is 2.31. The van der Waals surface area contributed by atoms with E-state index in [0.29, 0.717) is 24.8 Å². The van der Waals surface area contributed by atoms with Gasteiger partial charge in [-0.1, -0.05) is 37.3 Å². The second-order valence-electron chi connectivity index (χ2n) is 6.11. The quantitative estimate of drug-likeness (QED) is 0.734. The van der Waals surface area contributed by atoms with Gasteiger partial charge in [0, 0.05) is 37.6 Å². The molecular weight excluding hydrogens is 298 g/mol. The summed E-state index contributed by atoms with van der Waals surface area (Å²) in [5.74, 6) is 0.342. The van der Waals surface area contributed by atoms with Crippen LogP contribution >= 0.6 is 0 Å².